The summed E-state index contributed by atoms with van der Waals surface area (Å²) in [5.74, 6) is -1.98. The van der Waals surface area contributed by atoms with E-state index in [0.29, 0.717) is 0 Å². The van der Waals surface area contributed by atoms with Crippen molar-refractivity contribution in [2.45, 2.75) is 0 Å². The predicted octanol–water partition coefficient (Wildman–Crippen LogP) is 0.615. The number of hydrogen-bond donors (Lipinski definition) is 1. The van der Waals surface area contributed by atoms with Crippen LogP contribution >= 0.6 is 0 Å². The van der Waals surface area contributed by atoms with Crippen LogP contribution in [0.1, 0.15) is 14.5 Å². The highest BCUT2D eigenvalue weighted by molar-refractivity contribution is 6.42. The van der Waals surface area contributed by atoms with E-state index in [4.69, 9.17) is 4.11 Å². The summed E-state index contributed by atoms with van der Waals surface area (Å²) in [6, 6.07) is 7.77. The van der Waals surface area contributed by atoms with Gasteiger partial charge >= 0.3 is 0 Å². The van der Waals surface area contributed by atoms with Crippen LogP contribution < -0.4 is 5.32 Å². The average Bonchev–Trinajstić information content (AvgIpc) is 2.15. The molecule has 3 heteroatoms. The lowest BCUT2D eigenvalue weighted by Crippen LogP contribution is -2.27. The normalized spacial score (nSPS) is 13.8. The molecule has 12 heavy (non-hydrogen) atoms. The lowest BCUT2D eigenvalue weighted by molar-refractivity contribution is -0.116. The van der Waals surface area contributed by atoms with Crippen LogP contribution in [0.3, 0.4) is 0 Å². The maximum atomic E-state index is 11.4. The van der Waals surface area contributed by atoms with Gasteiger partial charge in [-0.25, -0.2) is 0 Å². The second-order valence-corrected chi connectivity index (χ2v) is 2.15. The molecule has 1 aromatic rings. The van der Waals surface area contributed by atoms with Crippen LogP contribution in [0.5, 0.6) is 0 Å². The Morgan fingerprint density at radius 3 is 2.58 bits per heavy atom. The molecule has 0 aliphatic rings. The zero-order valence-electron chi connectivity index (χ0n) is 9.20. The first-order chi connectivity index (χ1) is 6.90. The molecule has 1 N–H and O–H groups in total. The number of benzene rings is 1. The van der Waals surface area contributed by atoms with Crippen LogP contribution in [-0.4, -0.2) is 18.7 Å². The molecule has 0 unspecified atom stereocenters. The molecule has 3 nitrogen and oxygen atoms in total. The SMILES string of the molecule is [2H]C([2H])([2H])NC(=O)C(=O)c1ccccc1. The first-order valence-corrected chi connectivity index (χ1v) is 3.32. The monoisotopic (exact) mass is 166 g/mol. The molecule has 0 spiro atoms. The highest BCUT2D eigenvalue weighted by Gasteiger charge is 2.12. The van der Waals surface area contributed by atoms with E-state index in [9.17, 15) is 9.59 Å². The van der Waals surface area contributed by atoms with Gasteiger partial charge in [0.05, 0.1) is 0 Å². The zero-order chi connectivity index (χ0) is 11.5. The molecule has 1 aromatic carbocycles. The number of amides is 1. The molecule has 0 aliphatic heterocycles. The third-order valence-electron chi connectivity index (χ3n) is 1.36. The topological polar surface area (TPSA) is 46.2 Å². The Kier molecular flexibility index (Phi) is 1.55. The van der Waals surface area contributed by atoms with Crippen LogP contribution in [0.15, 0.2) is 30.3 Å². The van der Waals surface area contributed by atoms with Gasteiger partial charge in [-0.15, -0.1) is 0 Å². The molecule has 0 aromatic heterocycles. The van der Waals surface area contributed by atoms with Crippen molar-refractivity contribution in [1.29, 1.82) is 0 Å². The molecular weight excluding hydrogens is 154 g/mol. The lowest BCUT2D eigenvalue weighted by atomic mass is 10.1. The largest absolute Gasteiger partial charge is 0.352 e. The summed E-state index contributed by atoms with van der Waals surface area (Å²) in [6.45, 7) is -2.64. The average molecular weight is 166 g/mol. The number of rotatable bonds is 2. The van der Waals surface area contributed by atoms with Crippen molar-refractivity contribution in [3.05, 3.63) is 35.9 Å². The summed E-state index contributed by atoms with van der Waals surface area (Å²) >= 11 is 0. The number of carbonyl (C=O) groups excluding carboxylic acids is 2. The molecule has 0 saturated carbocycles. The van der Waals surface area contributed by atoms with Crippen molar-refractivity contribution >= 4 is 11.7 Å². The quantitative estimate of drug-likeness (QED) is 0.517. The Bertz CT molecular complexity index is 373. The second kappa shape index (κ2) is 3.67. The van der Waals surface area contributed by atoms with Crippen molar-refractivity contribution < 1.29 is 13.7 Å². The van der Waals surface area contributed by atoms with Gasteiger partial charge in [0.1, 0.15) is 0 Å². The Labute approximate surface area is 74.6 Å². The molecule has 0 fully saturated rings. The van der Waals surface area contributed by atoms with E-state index in [1.54, 1.807) is 23.5 Å². The molecule has 0 radical (unpaired) electrons. The van der Waals surface area contributed by atoms with E-state index < -0.39 is 18.7 Å². The minimum atomic E-state index is -2.64. The van der Waals surface area contributed by atoms with Crippen LogP contribution in [0.2, 0.25) is 0 Å². The molecule has 0 saturated heterocycles. The maximum absolute atomic E-state index is 11.4. The minimum absolute atomic E-state index is 0.166. The molecule has 0 heterocycles. The first kappa shape index (κ1) is 5.09. The van der Waals surface area contributed by atoms with Gasteiger partial charge in [0.2, 0.25) is 5.78 Å². The van der Waals surface area contributed by atoms with Gasteiger partial charge < -0.3 is 5.32 Å². The summed E-state index contributed by atoms with van der Waals surface area (Å²) in [5.41, 5.74) is 0.166. The standard InChI is InChI=1S/C9H9NO2/c1-10-9(12)8(11)7-5-3-2-4-6-7/h2-6H,1H3,(H,10,12)/i1D3. The molecular formula is C9H9NO2. The summed E-state index contributed by atoms with van der Waals surface area (Å²) in [5, 5.41) is 1.63. The Hall–Kier alpha value is -1.64. The zero-order valence-corrected chi connectivity index (χ0v) is 6.20. The van der Waals surface area contributed by atoms with E-state index in [2.05, 4.69) is 0 Å². The van der Waals surface area contributed by atoms with Crippen molar-refractivity contribution in [3.63, 3.8) is 0 Å². The predicted molar refractivity (Wildman–Crippen MR) is 44.8 cm³/mol. The number of Topliss-reactive ketones (excluding diaryl/α,β-unsaturated/α-hetero) is 1. The number of likely N-dealkylation sites (N-methyl/N-ethyl adjacent to an activating group) is 1. The van der Waals surface area contributed by atoms with Crippen LogP contribution in [0.25, 0.3) is 0 Å². The van der Waals surface area contributed by atoms with Crippen molar-refractivity contribution in [1.82, 2.24) is 5.32 Å². The smallest absolute Gasteiger partial charge is 0.292 e. The van der Waals surface area contributed by atoms with Crippen molar-refractivity contribution in [2.24, 2.45) is 0 Å². The number of nitrogens with one attached hydrogen (secondary N) is 1. The fraction of sp³-hybridized carbons (Fsp3) is 0.111. The van der Waals surface area contributed by atoms with Gasteiger partial charge in [-0.2, -0.15) is 0 Å². The van der Waals surface area contributed by atoms with Crippen molar-refractivity contribution in [3.8, 4) is 0 Å². The third kappa shape index (κ3) is 1.69. The van der Waals surface area contributed by atoms with Gasteiger partial charge in [-0.1, -0.05) is 30.3 Å². The summed E-state index contributed by atoms with van der Waals surface area (Å²) < 4.78 is 20.3. The summed E-state index contributed by atoms with van der Waals surface area (Å²) in [7, 11) is 0. The van der Waals surface area contributed by atoms with E-state index in [1.165, 1.54) is 12.1 Å². The summed E-state index contributed by atoms with van der Waals surface area (Å²) in [6.07, 6.45) is 0. The molecule has 1 amide bonds. The first-order valence-electron chi connectivity index (χ1n) is 4.82. The molecule has 0 bridgehead atoms. The van der Waals surface area contributed by atoms with Crippen LogP contribution in [0.4, 0.5) is 0 Å². The van der Waals surface area contributed by atoms with Gasteiger partial charge in [-0.05, 0) is 0 Å². The summed E-state index contributed by atoms with van der Waals surface area (Å²) in [4.78, 5) is 22.5. The Balaban J connectivity index is 2.75. The van der Waals surface area contributed by atoms with Crippen LogP contribution in [0, 0.1) is 0 Å². The number of ketones is 1. The minimum Gasteiger partial charge on any atom is -0.352 e. The van der Waals surface area contributed by atoms with Crippen molar-refractivity contribution in [2.75, 3.05) is 6.98 Å². The van der Waals surface area contributed by atoms with Gasteiger partial charge in [-0.3, -0.25) is 9.59 Å². The molecule has 0 atom stereocenters. The highest BCUT2D eigenvalue weighted by atomic mass is 16.2. The third-order valence-corrected chi connectivity index (χ3v) is 1.36. The number of hydrogen-bond acceptors (Lipinski definition) is 2. The van der Waals surface area contributed by atoms with Gasteiger partial charge in [0, 0.05) is 16.7 Å². The van der Waals surface area contributed by atoms with E-state index >= 15 is 0 Å². The van der Waals surface area contributed by atoms with Crippen LogP contribution in [-0.2, 0) is 4.79 Å². The second-order valence-electron chi connectivity index (χ2n) is 2.15. The van der Waals surface area contributed by atoms with E-state index in [1.807, 2.05) is 0 Å². The fourth-order valence-corrected chi connectivity index (χ4v) is 0.777. The lowest BCUT2D eigenvalue weighted by Gasteiger charge is -1.97. The number of carbonyl (C=O) groups is 2. The van der Waals surface area contributed by atoms with Gasteiger partial charge in [0.25, 0.3) is 5.91 Å². The van der Waals surface area contributed by atoms with E-state index in [0.717, 1.165) is 0 Å². The van der Waals surface area contributed by atoms with Gasteiger partial charge in [0.15, 0.2) is 0 Å². The molecule has 62 valence electrons. The molecule has 1 rings (SSSR count). The van der Waals surface area contributed by atoms with E-state index in [-0.39, 0.29) is 5.56 Å². The Morgan fingerprint density at radius 1 is 1.33 bits per heavy atom. The molecule has 0 aliphatic carbocycles. The Morgan fingerprint density at radius 2 is 2.00 bits per heavy atom. The fourth-order valence-electron chi connectivity index (χ4n) is 0.777. The maximum Gasteiger partial charge on any atom is 0.292 e. The highest BCUT2D eigenvalue weighted by Crippen LogP contribution is 1.98.